The highest BCUT2D eigenvalue weighted by Crippen LogP contribution is 2.67. The summed E-state index contributed by atoms with van der Waals surface area (Å²) in [7, 11) is 0. The average molecular weight is 517 g/mol. The highest BCUT2D eigenvalue weighted by molar-refractivity contribution is 5.74. The number of carbonyl (C=O) groups excluding carboxylic acids is 1. The van der Waals surface area contributed by atoms with E-state index in [0.29, 0.717) is 41.8 Å². The molecule has 204 valence electrons. The molecule has 3 saturated heterocycles. The monoisotopic (exact) mass is 516 g/mol. The fourth-order valence-corrected chi connectivity index (χ4v) is 11.1. The lowest BCUT2D eigenvalue weighted by atomic mass is 9.64. The van der Waals surface area contributed by atoms with Crippen LogP contribution in [0.15, 0.2) is 36.4 Å². The van der Waals surface area contributed by atoms with Gasteiger partial charge in [0, 0.05) is 46.9 Å². The molecule has 5 heteroatoms. The van der Waals surface area contributed by atoms with Gasteiger partial charge < -0.3 is 15.5 Å². The second-order valence-electron chi connectivity index (χ2n) is 14.1. The number of aliphatic hydroxyl groups excluding tert-OH is 1. The predicted molar refractivity (Wildman–Crippen MR) is 147 cm³/mol. The minimum atomic E-state index is -0.732. The molecule has 38 heavy (non-hydrogen) atoms. The summed E-state index contributed by atoms with van der Waals surface area (Å²) in [5.74, 6) is 2.14. The van der Waals surface area contributed by atoms with E-state index in [0.717, 1.165) is 37.5 Å². The summed E-state index contributed by atoms with van der Waals surface area (Å²) in [5.41, 5.74) is 1.42. The van der Waals surface area contributed by atoms with Crippen molar-refractivity contribution in [3.8, 4) is 0 Å². The molecular weight excluding hydrogens is 472 g/mol. The maximum atomic E-state index is 12.3. The van der Waals surface area contributed by atoms with E-state index in [9.17, 15) is 15.0 Å². The minimum Gasteiger partial charge on any atom is -0.392 e. The molecule has 0 aromatic heterocycles. The molecule has 1 aromatic rings. The number of piperidine rings is 2. The van der Waals surface area contributed by atoms with Crippen LogP contribution in [0.3, 0.4) is 0 Å². The van der Waals surface area contributed by atoms with Gasteiger partial charge in [0.2, 0.25) is 0 Å². The molecule has 4 bridgehead atoms. The third-order valence-corrected chi connectivity index (χ3v) is 12.7. The molecule has 1 aromatic carbocycles. The number of benzene rings is 1. The average Bonchev–Trinajstić information content (AvgIpc) is 3.24. The van der Waals surface area contributed by atoms with Gasteiger partial charge in [-0.25, -0.2) is 0 Å². The van der Waals surface area contributed by atoms with Gasteiger partial charge in [-0.15, -0.1) is 0 Å². The Hall–Kier alpha value is -1.53. The van der Waals surface area contributed by atoms with Crippen LogP contribution in [0.4, 0.5) is 0 Å². The van der Waals surface area contributed by atoms with Crippen LogP contribution in [0, 0.1) is 29.1 Å². The zero-order valence-corrected chi connectivity index (χ0v) is 22.6. The molecule has 1 spiro atoms. The Labute approximate surface area is 227 Å². The van der Waals surface area contributed by atoms with E-state index in [4.69, 9.17) is 0 Å². The molecule has 8 aliphatic rings. The number of hydrogen-bond donors (Lipinski definition) is 3. The fourth-order valence-electron chi connectivity index (χ4n) is 11.1. The second-order valence-corrected chi connectivity index (χ2v) is 14.1. The van der Waals surface area contributed by atoms with E-state index in [1.165, 1.54) is 56.9 Å². The quantitative estimate of drug-likeness (QED) is 0.298. The number of fused-ring (bicyclic) bond motifs is 2. The Bertz CT molecular complexity index is 1110. The molecule has 11 atom stereocenters. The third kappa shape index (κ3) is 3.22. The summed E-state index contributed by atoms with van der Waals surface area (Å²) < 4.78 is 0. The van der Waals surface area contributed by atoms with Crippen molar-refractivity contribution in [1.29, 1.82) is 0 Å². The summed E-state index contributed by atoms with van der Waals surface area (Å²) in [6, 6.07) is 9.54. The number of nitrogens with one attached hydrogen (secondary N) is 1. The van der Waals surface area contributed by atoms with Crippen molar-refractivity contribution < 1.29 is 15.0 Å². The molecule has 3 saturated carbocycles. The first-order valence-electron chi connectivity index (χ1n) is 15.7. The lowest BCUT2D eigenvalue weighted by Gasteiger charge is -2.47. The largest absolute Gasteiger partial charge is 0.392 e. The first-order chi connectivity index (χ1) is 18.6. The van der Waals surface area contributed by atoms with Gasteiger partial charge in [-0.3, -0.25) is 9.69 Å². The molecule has 0 amide bonds. The summed E-state index contributed by atoms with van der Waals surface area (Å²) >= 11 is 0. The van der Waals surface area contributed by atoms with Crippen LogP contribution in [0.1, 0.15) is 98.9 Å². The Balaban J connectivity index is 1.13. The van der Waals surface area contributed by atoms with E-state index in [1.54, 1.807) is 0 Å². The van der Waals surface area contributed by atoms with Crippen LogP contribution in [0.25, 0.3) is 0 Å². The molecule has 4 heterocycles. The van der Waals surface area contributed by atoms with Gasteiger partial charge in [0.05, 0.1) is 12.1 Å². The fraction of sp³-hybridized carbons (Fsp3) is 0.727. The van der Waals surface area contributed by atoms with Gasteiger partial charge in [-0.1, -0.05) is 68.5 Å². The first-order valence-corrected chi connectivity index (χ1v) is 15.7. The van der Waals surface area contributed by atoms with Crippen LogP contribution in [-0.4, -0.2) is 57.4 Å². The summed E-state index contributed by atoms with van der Waals surface area (Å²) in [5, 5.41) is 27.6. The molecule has 3 N–H and O–H groups in total. The molecule has 4 aliphatic heterocycles. The van der Waals surface area contributed by atoms with Gasteiger partial charge in [-0.05, 0) is 62.3 Å². The number of rotatable bonds is 5. The molecule has 5 nitrogen and oxygen atoms in total. The number of nitrogens with zero attached hydrogens (tertiary/aromatic N) is 1. The molecule has 0 radical (unpaired) electrons. The van der Waals surface area contributed by atoms with Crippen LogP contribution in [-0.2, 0) is 0 Å². The lowest BCUT2D eigenvalue weighted by molar-refractivity contribution is 0.000375. The predicted octanol–water partition coefficient (Wildman–Crippen LogP) is 4.78. The Morgan fingerprint density at radius 1 is 0.974 bits per heavy atom. The summed E-state index contributed by atoms with van der Waals surface area (Å²) in [6.45, 7) is 0. The zero-order chi connectivity index (χ0) is 25.6. The van der Waals surface area contributed by atoms with Crippen LogP contribution >= 0.6 is 0 Å². The van der Waals surface area contributed by atoms with E-state index >= 15 is 0 Å². The van der Waals surface area contributed by atoms with Crippen molar-refractivity contribution in [3.63, 3.8) is 0 Å². The van der Waals surface area contributed by atoms with Gasteiger partial charge in [0.1, 0.15) is 12.0 Å². The van der Waals surface area contributed by atoms with E-state index in [1.807, 2.05) is 12.1 Å². The Morgan fingerprint density at radius 3 is 2.47 bits per heavy atom. The number of aldehydes is 1. The smallest absolute Gasteiger partial charge is 0.150 e. The van der Waals surface area contributed by atoms with E-state index in [2.05, 4.69) is 34.5 Å². The van der Waals surface area contributed by atoms with Crippen molar-refractivity contribution in [2.45, 2.75) is 119 Å². The van der Waals surface area contributed by atoms with Crippen LogP contribution in [0.5, 0.6) is 0 Å². The maximum Gasteiger partial charge on any atom is 0.150 e. The van der Waals surface area contributed by atoms with Crippen molar-refractivity contribution in [1.82, 2.24) is 10.2 Å². The number of hydrogen-bond acceptors (Lipinski definition) is 5. The molecular formula is C33H44N2O3. The third-order valence-electron chi connectivity index (χ3n) is 12.7. The van der Waals surface area contributed by atoms with E-state index in [-0.39, 0.29) is 23.5 Å². The minimum absolute atomic E-state index is 0.0625. The SMILES string of the molecule is O=Cc1ccc([C@@H](C2CCCCC2)[C@@H]2[C@H]3C=C[C@H]4N2[C@]4(O)[C@H]3[C@H]2CC[C@@H]3C[C@@H](O)C4(CCCC4)[C@@H]3N2)cc1. The number of carbonyl (C=O) groups is 1. The summed E-state index contributed by atoms with van der Waals surface area (Å²) in [6.07, 6.45) is 20.1. The highest BCUT2D eigenvalue weighted by atomic mass is 16.3. The van der Waals surface area contributed by atoms with Crippen molar-refractivity contribution in [3.05, 3.63) is 47.5 Å². The first kappa shape index (κ1) is 24.3. The number of aliphatic hydroxyl groups is 2. The van der Waals surface area contributed by atoms with Gasteiger partial charge in [0.15, 0.2) is 0 Å². The Kier molecular flexibility index (Phi) is 5.58. The van der Waals surface area contributed by atoms with Gasteiger partial charge in [-0.2, -0.15) is 0 Å². The van der Waals surface area contributed by atoms with Gasteiger partial charge in [0.25, 0.3) is 0 Å². The molecule has 1 unspecified atom stereocenters. The lowest BCUT2D eigenvalue weighted by Crippen LogP contribution is -2.59. The maximum absolute atomic E-state index is 12.3. The standard InChI is InChI=1S/C33H44N2O3/c36-19-20-8-10-22(11-9-20)28(21-6-2-1-3-7-21)30-24-13-15-26-33(38,35(26)30)29(24)25-14-12-23-18-27(37)32(31(23)34-25)16-4-5-17-32/h8-11,13,15,19,21,23-31,34,37-38H,1-7,12,14,16-18H2/t23-,24+,25-,26-,27-,28-,29-,30+,31-,33-,35?/m1/s1. The van der Waals surface area contributed by atoms with Crippen molar-refractivity contribution >= 4 is 6.29 Å². The van der Waals surface area contributed by atoms with Crippen molar-refractivity contribution in [2.75, 3.05) is 0 Å². The molecule has 9 rings (SSSR count). The van der Waals surface area contributed by atoms with Gasteiger partial charge >= 0.3 is 0 Å². The normalized spacial score (nSPS) is 47.3. The second kappa shape index (κ2) is 8.73. The molecule has 4 aliphatic carbocycles. The zero-order valence-electron chi connectivity index (χ0n) is 22.6. The summed E-state index contributed by atoms with van der Waals surface area (Å²) in [4.78, 5) is 13.9. The van der Waals surface area contributed by atoms with Crippen molar-refractivity contribution in [2.24, 2.45) is 29.1 Å². The topological polar surface area (TPSA) is 72.6 Å². The highest BCUT2D eigenvalue weighted by Gasteiger charge is 2.79. The van der Waals surface area contributed by atoms with Crippen LogP contribution in [0.2, 0.25) is 0 Å². The Morgan fingerprint density at radius 2 is 1.74 bits per heavy atom. The molecule has 6 fully saturated rings. The van der Waals surface area contributed by atoms with Crippen LogP contribution < -0.4 is 5.32 Å². The van der Waals surface area contributed by atoms with E-state index < -0.39 is 5.72 Å².